The number of ether oxygens (including phenoxy) is 1. The van der Waals surface area contributed by atoms with Gasteiger partial charge in [-0.25, -0.2) is 4.39 Å². The molecule has 0 saturated carbocycles. The van der Waals surface area contributed by atoms with E-state index < -0.39 is 6.10 Å². The molecule has 0 aliphatic carbocycles. The molecule has 0 bridgehead atoms. The Bertz CT molecular complexity index is 662. The van der Waals surface area contributed by atoms with E-state index in [1.165, 1.54) is 18.2 Å². The lowest BCUT2D eigenvalue weighted by atomic mass is 9.95. The van der Waals surface area contributed by atoms with Crippen LogP contribution >= 0.6 is 27.5 Å². The number of aliphatic hydroxyl groups is 1. The topological polar surface area (TPSA) is 29.5 Å². The van der Waals surface area contributed by atoms with Gasteiger partial charge in [-0.1, -0.05) is 33.6 Å². The van der Waals surface area contributed by atoms with E-state index in [1.807, 2.05) is 12.1 Å². The number of fused-ring (bicyclic) bond motifs is 1. The third kappa shape index (κ3) is 2.55. The molecule has 2 unspecified atom stereocenters. The van der Waals surface area contributed by atoms with E-state index in [9.17, 15) is 9.50 Å². The average Bonchev–Trinajstić information content (AvgIpc) is 2.39. The van der Waals surface area contributed by atoms with Crippen molar-refractivity contribution in [3.8, 4) is 5.75 Å². The highest BCUT2D eigenvalue weighted by atomic mass is 79.9. The van der Waals surface area contributed by atoms with Crippen LogP contribution < -0.4 is 4.74 Å². The predicted octanol–water partition coefficient (Wildman–Crippen LogP) is 4.80. The molecular weight excluding hydrogens is 347 g/mol. The molecule has 0 aromatic heterocycles. The van der Waals surface area contributed by atoms with Gasteiger partial charge in [-0.15, -0.1) is 0 Å². The molecule has 0 fully saturated rings. The van der Waals surface area contributed by atoms with Crippen molar-refractivity contribution in [2.24, 2.45) is 0 Å². The zero-order chi connectivity index (χ0) is 14.3. The van der Waals surface area contributed by atoms with Crippen molar-refractivity contribution in [1.29, 1.82) is 0 Å². The lowest BCUT2D eigenvalue weighted by Crippen LogP contribution is -2.19. The molecule has 20 heavy (non-hydrogen) atoms. The second kappa shape index (κ2) is 5.35. The van der Waals surface area contributed by atoms with Crippen LogP contribution in [0.25, 0.3) is 0 Å². The first-order valence-corrected chi connectivity index (χ1v) is 7.31. The summed E-state index contributed by atoms with van der Waals surface area (Å²) in [6.45, 7) is 0. The highest BCUT2D eigenvalue weighted by molar-refractivity contribution is 9.10. The number of hydrogen-bond acceptors (Lipinski definition) is 2. The number of hydrogen-bond donors (Lipinski definition) is 1. The van der Waals surface area contributed by atoms with Crippen LogP contribution in [-0.2, 0) is 0 Å². The van der Waals surface area contributed by atoms with E-state index >= 15 is 0 Å². The Morgan fingerprint density at radius 3 is 2.75 bits per heavy atom. The largest absolute Gasteiger partial charge is 0.485 e. The summed E-state index contributed by atoms with van der Waals surface area (Å²) in [6, 6.07) is 9.67. The fourth-order valence-electron chi connectivity index (χ4n) is 2.37. The Morgan fingerprint density at radius 1 is 1.20 bits per heavy atom. The zero-order valence-electron chi connectivity index (χ0n) is 10.3. The van der Waals surface area contributed by atoms with Crippen molar-refractivity contribution in [2.45, 2.75) is 18.6 Å². The van der Waals surface area contributed by atoms with Crippen molar-refractivity contribution in [3.05, 3.63) is 62.8 Å². The van der Waals surface area contributed by atoms with Gasteiger partial charge < -0.3 is 9.84 Å². The van der Waals surface area contributed by atoms with Crippen LogP contribution in [0.5, 0.6) is 5.75 Å². The summed E-state index contributed by atoms with van der Waals surface area (Å²) in [5, 5.41) is 10.7. The Hall–Kier alpha value is -1.10. The summed E-state index contributed by atoms with van der Waals surface area (Å²) in [4.78, 5) is 0. The summed E-state index contributed by atoms with van der Waals surface area (Å²) in [6.07, 6.45) is -0.764. The van der Waals surface area contributed by atoms with Crippen molar-refractivity contribution >= 4 is 27.5 Å². The molecule has 1 aliphatic rings. The molecule has 5 heteroatoms. The van der Waals surface area contributed by atoms with E-state index in [-0.39, 0.29) is 11.9 Å². The monoisotopic (exact) mass is 356 g/mol. The molecule has 0 saturated heterocycles. The normalized spacial score (nSPS) is 21.2. The van der Waals surface area contributed by atoms with Crippen LogP contribution in [-0.4, -0.2) is 5.11 Å². The number of aliphatic hydroxyl groups excluding tert-OH is 1. The Labute approximate surface area is 129 Å². The van der Waals surface area contributed by atoms with E-state index in [4.69, 9.17) is 16.3 Å². The fraction of sp³-hybridized carbons (Fsp3) is 0.200. The molecule has 0 radical (unpaired) electrons. The summed E-state index contributed by atoms with van der Waals surface area (Å²) >= 11 is 9.56. The minimum absolute atomic E-state index is 0.344. The van der Waals surface area contributed by atoms with Crippen LogP contribution in [0.15, 0.2) is 40.9 Å². The maximum Gasteiger partial charge on any atom is 0.128 e. The lowest BCUT2D eigenvalue weighted by molar-refractivity contribution is 0.0654. The van der Waals surface area contributed by atoms with Crippen LogP contribution in [0, 0.1) is 5.82 Å². The summed E-state index contributed by atoms with van der Waals surface area (Å²) < 4.78 is 19.9. The van der Waals surface area contributed by atoms with Crippen LogP contribution in [0.4, 0.5) is 4.39 Å². The maximum absolute atomic E-state index is 13.2. The van der Waals surface area contributed by atoms with Crippen molar-refractivity contribution in [1.82, 2.24) is 0 Å². The zero-order valence-corrected chi connectivity index (χ0v) is 12.7. The van der Waals surface area contributed by atoms with Gasteiger partial charge in [0.05, 0.1) is 6.10 Å². The number of benzene rings is 2. The first-order valence-electron chi connectivity index (χ1n) is 6.13. The SMILES string of the molecule is OC1CC(c2ccc(Br)cc2Cl)Oc2ccc(F)cc21. The molecule has 0 spiro atoms. The molecule has 2 atom stereocenters. The first kappa shape index (κ1) is 13.9. The standard InChI is InChI=1S/C15H11BrClFO2/c16-8-1-3-10(12(17)5-8)15-7-13(19)11-6-9(18)2-4-14(11)20-15/h1-6,13,15,19H,7H2. The second-order valence-electron chi connectivity index (χ2n) is 4.71. The molecular formula is C15H11BrClFO2. The van der Waals surface area contributed by atoms with E-state index in [2.05, 4.69) is 15.9 Å². The van der Waals surface area contributed by atoms with Gasteiger partial charge in [0.25, 0.3) is 0 Å². The highest BCUT2D eigenvalue weighted by Gasteiger charge is 2.29. The molecule has 3 rings (SSSR count). The third-order valence-corrected chi connectivity index (χ3v) is 4.17. The molecule has 2 nitrogen and oxygen atoms in total. The second-order valence-corrected chi connectivity index (χ2v) is 6.03. The molecule has 1 N–H and O–H groups in total. The summed E-state index contributed by atoms with van der Waals surface area (Å²) in [5.41, 5.74) is 1.29. The molecule has 104 valence electrons. The molecule has 2 aromatic carbocycles. The average molecular weight is 358 g/mol. The highest BCUT2D eigenvalue weighted by Crippen LogP contribution is 2.42. The smallest absolute Gasteiger partial charge is 0.128 e. The van der Waals surface area contributed by atoms with Gasteiger partial charge in [0, 0.05) is 27.0 Å². The summed E-state index contributed by atoms with van der Waals surface area (Å²) in [5.74, 6) is 0.112. The van der Waals surface area contributed by atoms with Crippen molar-refractivity contribution in [3.63, 3.8) is 0 Å². The van der Waals surface area contributed by atoms with Gasteiger partial charge in [0.1, 0.15) is 17.7 Å². The van der Waals surface area contributed by atoms with Crippen LogP contribution in [0.3, 0.4) is 0 Å². The third-order valence-electron chi connectivity index (χ3n) is 3.35. The van der Waals surface area contributed by atoms with Gasteiger partial charge in [-0.3, -0.25) is 0 Å². The van der Waals surface area contributed by atoms with Crippen LogP contribution in [0.1, 0.15) is 29.8 Å². The van der Waals surface area contributed by atoms with Crippen LogP contribution in [0.2, 0.25) is 5.02 Å². The lowest BCUT2D eigenvalue weighted by Gasteiger charge is -2.30. The fourth-order valence-corrected chi connectivity index (χ4v) is 3.17. The minimum atomic E-state index is -0.765. The van der Waals surface area contributed by atoms with Gasteiger partial charge in [-0.2, -0.15) is 0 Å². The quantitative estimate of drug-likeness (QED) is 0.794. The van der Waals surface area contributed by atoms with Gasteiger partial charge in [0.15, 0.2) is 0 Å². The first-order chi connectivity index (χ1) is 9.54. The van der Waals surface area contributed by atoms with E-state index in [1.54, 1.807) is 6.07 Å². The Morgan fingerprint density at radius 2 is 2.00 bits per heavy atom. The molecule has 2 aromatic rings. The summed E-state index contributed by atoms with van der Waals surface area (Å²) in [7, 11) is 0. The number of rotatable bonds is 1. The Balaban J connectivity index is 1.97. The van der Waals surface area contributed by atoms with Gasteiger partial charge in [-0.05, 0) is 30.3 Å². The molecule has 1 heterocycles. The van der Waals surface area contributed by atoms with Gasteiger partial charge in [0.2, 0.25) is 0 Å². The molecule has 1 aliphatic heterocycles. The van der Waals surface area contributed by atoms with E-state index in [0.717, 1.165) is 10.0 Å². The Kier molecular flexibility index (Phi) is 3.71. The van der Waals surface area contributed by atoms with E-state index in [0.29, 0.717) is 22.8 Å². The predicted molar refractivity (Wildman–Crippen MR) is 78.5 cm³/mol. The van der Waals surface area contributed by atoms with Gasteiger partial charge >= 0.3 is 0 Å². The number of halogens is 3. The van der Waals surface area contributed by atoms with Crippen molar-refractivity contribution in [2.75, 3.05) is 0 Å². The maximum atomic E-state index is 13.2. The van der Waals surface area contributed by atoms with Crippen molar-refractivity contribution < 1.29 is 14.2 Å². The minimum Gasteiger partial charge on any atom is -0.485 e. The molecule has 0 amide bonds.